The highest BCUT2D eigenvalue weighted by Gasteiger charge is 2.23. The standard InChI is InChI=1S/C16H14F2N2O4/c1-9-3-4-10(5-15(9)24-2)8-19-16(21)11-6-12(17)13(18)7-14(11)20(22)23/h3-7H,8H2,1-2H3,(H,19,21). The molecule has 0 aliphatic heterocycles. The van der Waals surface area contributed by atoms with Crippen molar-refractivity contribution in [2.75, 3.05) is 7.11 Å². The molecule has 0 atom stereocenters. The molecule has 8 heteroatoms. The highest BCUT2D eigenvalue weighted by atomic mass is 19.2. The van der Waals surface area contributed by atoms with Gasteiger partial charge in [-0.2, -0.15) is 0 Å². The summed E-state index contributed by atoms with van der Waals surface area (Å²) in [4.78, 5) is 22.1. The van der Waals surface area contributed by atoms with Crippen molar-refractivity contribution in [1.29, 1.82) is 0 Å². The van der Waals surface area contributed by atoms with Crippen LogP contribution in [0.5, 0.6) is 5.75 Å². The average Bonchev–Trinajstić information content (AvgIpc) is 2.55. The van der Waals surface area contributed by atoms with E-state index >= 15 is 0 Å². The summed E-state index contributed by atoms with van der Waals surface area (Å²) in [7, 11) is 1.51. The third-order valence-corrected chi connectivity index (χ3v) is 3.41. The fourth-order valence-electron chi connectivity index (χ4n) is 2.12. The monoisotopic (exact) mass is 336 g/mol. The molecule has 0 aliphatic rings. The van der Waals surface area contributed by atoms with Gasteiger partial charge in [-0.05, 0) is 30.2 Å². The third-order valence-electron chi connectivity index (χ3n) is 3.41. The van der Waals surface area contributed by atoms with Gasteiger partial charge in [0.25, 0.3) is 11.6 Å². The molecule has 0 saturated carbocycles. The van der Waals surface area contributed by atoms with Gasteiger partial charge >= 0.3 is 0 Å². The summed E-state index contributed by atoms with van der Waals surface area (Å²) in [5, 5.41) is 13.3. The van der Waals surface area contributed by atoms with Crippen molar-refractivity contribution in [3.8, 4) is 5.75 Å². The first kappa shape index (κ1) is 17.3. The molecule has 2 aromatic carbocycles. The lowest BCUT2D eigenvalue weighted by Gasteiger charge is -2.09. The van der Waals surface area contributed by atoms with Crippen LogP contribution >= 0.6 is 0 Å². The van der Waals surface area contributed by atoms with Gasteiger partial charge in [0.05, 0.1) is 18.1 Å². The quantitative estimate of drug-likeness (QED) is 0.672. The Kier molecular flexibility index (Phi) is 5.08. The first-order chi connectivity index (χ1) is 11.3. The number of ether oxygens (including phenoxy) is 1. The van der Waals surface area contributed by atoms with Crippen LogP contribution in [0, 0.1) is 28.7 Å². The van der Waals surface area contributed by atoms with Crippen molar-refractivity contribution in [3.05, 3.63) is 68.8 Å². The van der Waals surface area contributed by atoms with E-state index in [9.17, 15) is 23.7 Å². The van der Waals surface area contributed by atoms with E-state index in [0.717, 1.165) is 5.56 Å². The predicted molar refractivity (Wildman–Crippen MR) is 81.9 cm³/mol. The Labute approximate surface area is 136 Å². The molecule has 1 N–H and O–H groups in total. The third kappa shape index (κ3) is 3.65. The number of nitrogens with zero attached hydrogens (tertiary/aromatic N) is 1. The molecule has 24 heavy (non-hydrogen) atoms. The fourth-order valence-corrected chi connectivity index (χ4v) is 2.12. The number of methoxy groups -OCH3 is 1. The molecule has 0 fully saturated rings. The van der Waals surface area contributed by atoms with Crippen molar-refractivity contribution in [2.24, 2.45) is 0 Å². The van der Waals surface area contributed by atoms with Crippen LogP contribution in [0.2, 0.25) is 0 Å². The average molecular weight is 336 g/mol. The van der Waals surface area contributed by atoms with Crippen LogP contribution in [0.3, 0.4) is 0 Å². The van der Waals surface area contributed by atoms with Crippen molar-refractivity contribution < 1.29 is 23.2 Å². The molecule has 2 rings (SSSR count). The number of amides is 1. The molecule has 0 unspecified atom stereocenters. The van der Waals surface area contributed by atoms with E-state index in [-0.39, 0.29) is 6.54 Å². The van der Waals surface area contributed by atoms with Gasteiger partial charge in [0, 0.05) is 6.54 Å². The number of nitro benzene ring substituents is 1. The number of halogens is 2. The maximum absolute atomic E-state index is 13.3. The Hall–Kier alpha value is -3.03. The van der Waals surface area contributed by atoms with E-state index in [2.05, 4.69) is 5.32 Å². The molecule has 0 radical (unpaired) electrons. The maximum Gasteiger partial charge on any atom is 0.285 e. The van der Waals surface area contributed by atoms with Crippen LogP contribution in [0.1, 0.15) is 21.5 Å². The molecule has 0 aliphatic carbocycles. The minimum absolute atomic E-state index is 0.0472. The van der Waals surface area contributed by atoms with Crippen molar-refractivity contribution >= 4 is 11.6 Å². The number of rotatable bonds is 5. The number of carbonyl (C=O) groups is 1. The second kappa shape index (κ2) is 7.03. The van der Waals surface area contributed by atoms with Gasteiger partial charge in [-0.1, -0.05) is 12.1 Å². The van der Waals surface area contributed by atoms with Gasteiger partial charge in [-0.3, -0.25) is 14.9 Å². The van der Waals surface area contributed by atoms with Gasteiger partial charge in [0.2, 0.25) is 0 Å². The lowest BCUT2D eigenvalue weighted by Crippen LogP contribution is -2.24. The number of hydrogen-bond acceptors (Lipinski definition) is 4. The molecule has 0 aromatic heterocycles. The van der Waals surface area contributed by atoms with E-state index in [0.29, 0.717) is 23.4 Å². The van der Waals surface area contributed by atoms with E-state index in [1.165, 1.54) is 7.11 Å². The van der Waals surface area contributed by atoms with Crippen LogP contribution in [-0.4, -0.2) is 17.9 Å². The number of benzene rings is 2. The largest absolute Gasteiger partial charge is 0.496 e. The highest BCUT2D eigenvalue weighted by molar-refractivity contribution is 5.98. The lowest BCUT2D eigenvalue weighted by atomic mass is 10.1. The molecule has 0 bridgehead atoms. The molecule has 0 spiro atoms. The molecule has 126 valence electrons. The first-order valence-electron chi connectivity index (χ1n) is 6.88. The molecular weight excluding hydrogens is 322 g/mol. The van der Waals surface area contributed by atoms with E-state index in [4.69, 9.17) is 4.74 Å². The summed E-state index contributed by atoms with van der Waals surface area (Å²) in [6.45, 7) is 1.90. The molecule has 1 amide bonds. The zero-order valence-corrected chi connectivity index (χ0v) is 12.9. The number of nitro groups is 1. The van der Waals surface area contributed by atoms with Gasteiger partial charge in [-0.15, -0.1) is 0 Å². The molecule has 0 heterocycles. The Morgan fingerprint density at radius 3 is 2.54 bits per heavy atom. The Balaban J connectivity index is 2.21. The van der Waals surface area contributed by atoms with Gasteiger partial charge < -0.3 is 10.1 Å². The van der Waals surface area contributed by atoms with Crippen LogP contribution in [0.4, 0.5) is 14.5 Å². The van der Waals surface area contributed by atoms with Crippen LogP contribution in [0.25, 0.3) is 0 Å². The predicted octanol–water partition coefficient (Wildman–Crippen LogP) is 3.12. The normalized spacial score (nSPS) is 10.3. The Morgan fingerprint density at radius 1 is 1.25 bits per heavy atom. The molecule has 6 nitrogen and oxygen atoms in total. The SMILES string of the molecule is COc1cc(CNC(=O)c2cc(F)c(F)cc2[N+](=O)[O-])ccc1C. The molecule has 0 saturated heterocycles. The van der Waals surface area contributed by atoms with Gasteiger partial charge in [0.1, 0.15) is 11.3 Å². The van der Waals surface area contributed by atoms with Crippen molar-refractivity contribution in [3.63, 3.8) is 0 Å². The topological polar surface area (TPSA) is 81.5 Å². The maximum atomic E-state index is 13.3. The van der Waals surface area contributed by atoms with E-state index < -0.39 is 33.7 Å². The summed E-state index contributed by atoms with van der Waals surface area (Å²) in [6, 6.07) is 6.14. The van der Waals surface area contributed by atoms with Gasteiger partial charge in [0.15, 0.2) is 11.6 Å². The summed E-state index contributed by atoms with van der Waals surface area (Å²) < 4.78 is 31.6. The van der Waals surface area contributed by atoms with Crippen molar-refractivity contribution in [2.45, 2.75) is 13.5 Å². The lowest BCUT2D eigenvalue weighted by molar-refractivity contribution is -0.385. The number of carbonyl (C=O) groups excluding carboxylic acids is 1. The van der Waals surface area contributed by atoms with Crippen LogP contribution in [-0.2, 0) is 6.54 Å². The van der Waals surface area contributed by atoms with Crippen LogP contribution < -0.4 is 10.1 Å². The second-order valence-corrected chi connectivity index (χ2v) is 5.03. The second-order valence-electron chi connectivity index (χ2n) is 5.03. The number of nitrogens with one attached hydrogen (secondary N) is 1. The summed E-state index contributed by atoms with van der Waals surface area (Å²) in [6.07, 6.45) is 0. The van der Waals surface area contributed by atoms with E-state index in [1.54, 1.807) is 18.2 Å². The van der Waals surface area contributed by atoms with Crippen LogP contribution in [0.15, 0.2) is 30.3 Å². The summed E-state index contributed by atoms with van der Waals surface area (Å²) >= 11 is 0. The Morgan fingerprint density at radius 2 is 1.92 bits per heavy atom. The first-order valence-corrected chi connectivity index (χ1v) is 6.88. The van der Waals surface area contributed by atoms with Gasteiger partial charge in [-0.25, -0.2) is 8.78 Å². The number of hydrogen-bond donors (Lipinski definition) is 1. The zero-order chi connectivity index (χ0) is 17.9. The smallest absolute Gasteiger partial charge is 0.285 e. The van der Waals surface area contributed by atoms with E-state index in [1.807, 2.05) is 6.92 Å². The minimum Gasteiger partial charge on any atom is -0.496 e. The molecule has 2 aromatic rings. The fraction of sp³-hybridized carbons (Fsp3) is 0.188. The zero-order valence-electron chi connectivity index (χ0n) is 12.9. The summed E-state index contributed by atoms with van der Waals surface area (Å²) in [5.41, 5.74) is 0.255. The minimum atomic E-state index is -1.39. The highest BCUT2D eigenvalue weighted by Crippen LogP contribution is 2.23. The Bertz CT molecular complexity index is 809. The van der Waals surface area contributed by atoms with Crippen molar-refractivity contribution in [1.82, 2.24) is 5.32 Å². The summed E-state index contributed by atoms with van der Waals surface area (Å²) in [5.74, 6) is -2.97. The number of aryl methyl sites for hydroxylation is 1. The molecular formula is C16H14F2N2O4.